The van der Waals surface area contributed by atoms with Crippen LogP contribution < -0.4 is 17.2 Å². The Balaban J connectivity index is 0. The van der Waals surface area contributed by atoms with Crippen molar-refractivity contribution in [3.63, 3.8) is 0 Å². The van der Waals surface area contributed by atoms with Gasteiger partial charge in [0.05, 0.1) is 0 Å². The number of hydrogen-bond donors (Lipinski definition) is 4. The van der Waals surface area contributed by atoms with Crippen molar-refractivity contribution in [3.8, 4) is 0 Å². The number of nitrogens with two attached hydrogens (primary N) is 3. The number of aliphatic carboxylic acids is 1. The SMILES string of the molecule is CC=O.NC(N)=NCCC[C@H](N)C(=O)O. The lowest BCUT2D eigenvalue weighted by atomic mass is 10.2. The Hall–Kier alpha value is -1.63. The topological polar surface area (TPSA) is 145 Å². The molecule has 7 nitrogen and oxygen atoms in total. The maximum Gasteiger partial charge on any atom is 0.320 e. The third-order valence-corrected chi connectivity index (χ3v) is 1.28. The molecule has 0 aliphatic rings. The summed E-state index contributed by atoms with van der Waals surface area (Å²) in [5.74, 6) is -0.987. The monoisotopic (exact) mass is 218 g/mol. The van der Waals surface area contributed by atoms with E-state index in [1.165, 1.54) is 6.92 Å². The number of aldehydes is 1. The van der Waals surface area contributed by atoms with E-state index in [9.17, 15) is 4.79 Å². The van der Waals surface area contributed by atoms with E-state index in [1.54, 1.807) is 0 Å². The zero-order valence-electron chi connectivity index (χ0n) is 8.72. The molecule has 0 aromatic rings. The van der Waals surface area contributed by atoms with Crippen LogP contribution in [-0.2, 0) is 9.59 Å². The van der Waals surface area contributed by atoms with Crippen LogP contribution in [0.15, 0.2) is 4.99 Å². The number of carbonyl (C=O) groups excluding carboxylic acids is 1. The van der Waals surface area contributed by atoms with Gasteiger partial charge in [-0.1, -0.05) is 0 Å². The molecular formula is C8H18N4O3. The molecule has 0 saturated heterocycles. The molecule has 0 unspecified atom stereocenters. The van der Waals surface area contributed by atoms with Crippen molar-refractivity contribution in [2.45, 2.75) is 25.8 Å². The van der Waals surface area contributed by atoms with E-state index in [0.717, 1.165) is 6.29 Å². The number of carboxylic acid groups (broad SMARTS) is 1. The zero-order chi connectivity index (χ0) is 12.3. The fourth-order valence-corrected chi connectivity index (χ4v) is 0.643. The summed E-state index contributed by atoms with van der Waals surface area (Å²) < 4.78 is 0. The normalized spacial score (nSPS) is 10.5. The Bertz CT molecular complexity index is 214. The average Bonchev–Trinajstić information content (AvgIpc) is 2.12. The first-order chi connectivity index (χ1) is 6.95. The maximum absolute atomic E-state index is 10.2. The largest absolute Gasteiger partial charge is 0.480 e. The van der Waals surface area contributed by atoms with Crippen LogP contribution in [0.2, 0.25) is 0 Å². The number of nitrogens with zero attached hydrogens (tertiary/aromatic N) is 1. The van der Waals surface area contributed by atoms with Crippen molar-refractivity contribution >= 4 is 18.2 Å². The van der Waals surface area contributed by atoms with Crippen LogP contribution in [0.3, 0.4) is 0 Å². The average molecular weight is 218 g/mol. The first-order valence-corrected chi connectivity index (χ1v) is 4.39. The lowest BCUT2D eigenvalue weighted by Gasteiger charge is -2.03. The van der Waals surface area contributed by atoms with Gasteiger partial charge in [0, 0.05) is 6.54 Å². The summed E-state index contributed by atoms with van der Waals surface area (Å²) in [6.45, 7) is 1.86. The number of rotatable bonds is 5. The van der Waals surface area contributed by atoms with Gasteiger partial charge in [0.15, 0.2) is 5.96 Å². The molecule has 0 spiro atoms. The van der Waals surface area contributed by atoms with Crippen molar-refractivity contribution in [2.24, 2.45) is 22.2 Å². The van der Waals surface area contributed by atoms with Crippen molar-refractivity contribution < 1.29 is 14.7 Å². The molecule has 0 aliphatic heterocycles. The molecule has 0 saturated carbocycles. The predicted molar refractivity (Wildman–Crippen MR) is 57.3 cm³/mol. The van der Waals surface area contributed by atoms with Gasteiger partial charge in [-0.05, 0) is 19.8 Å². The summed E-state index contributed by atoms with van der Waals surface area (Å²) in [6.07, 6.45) is 1.71. The van der Waals surface area contributed by atoms with E-state index >= 15 is 0 Å². The summed E-state index contributed by atoms with van der Waals surface area (Å²) in [7, 11) is 0. The fraction of sp³-hybridized carbons (Fsp3) is 0.625. The van der Waals surface area contributed by atoms with E-state index in [1.807, 2.05) is 0 Å². The van der Waals surface area contributed by atoms with Gasteiger partial charge in [0.2, 0.25) is 0 Å². The molecule has 7 heteroatoms. The number of hydrogen-bond acceptors (Lipinski definition) is 4. The van der Waals surface area contributed by atoms with Crippen LogP contribution in [0.1, 0.15) is 19.8 Å². The zero-order valence-corrected chi connectivity index (χ0v) is 8.72. The van der Waals surface area contributed by atoms with Gasteiger partial charge in [-0.3, -0.25) is 9.79 Å². The second-order valence-electron chi connectivity index (χ2n) is 2.63. The molecule has 0 fully saturated rings. The Kier molecular flexibility index (Phi) is 11.0. The van der Waals surface area contributed by atoms with Crippen molar-refractivity contribution in [2.75, 3.05) is 6.54 Å². The van der Waals surface area contributed by atoms with Gasteiger partial charge in [-0.2, -0.15) is 0 Å². The molecule has 1 atom stereocenters. The molecule has 0 amide bonds. The molecular weight excluding hydrogens is 200 g/mol. The van der Waals surface area contributed by atoms with Crippen molar-refractivity contribution in [3.05, 3.63) is 0 Å². The van der Waals surface area contributed by atoms with Crippen LogP contribution in [0.5, 0.6) is 0 Å². The Morgan fingerprint density at radius 3 is 2.33 bits per heavy atom. The highest BCUT2D eigenvalue weighted by molar-refractivity contribution is 5.75. The van der Waals surface area contributed by atoms with Gasteiger partial charge in [0.25, 0.3) is 0 Å². The second-order valence-corrected chi connectivity index (χ2v) is 2.63. The van der Waals surface area contributed by atoms with Crippen LogP contribution in [0, 0.1) is 0 Å². The number of carbonyl (C=O) groups is 2. The van der Waals surface area contributed by atoms with E-state index in [0.29, 0.717) is 19.4 Å². The summed E-state index contributed by atoms with van der Waals surface area (Å²) in [5.41, 5.74) is 15.3. The summed E-state index contributed by atoms with van der Waals surface area (Å²) in [6, 6.07) is -0.820. The third kappa shape index (κ3) is 15.2. The molecule has 0 aromatic heterocycles. The maximum atomic E-state index is 10.2. The highest BCUT2D eigenvalue weighted by Gasteiger charge is 2.09. The highest BCUT2D eigenvalue weighted by atomic mass is 16.4. The highest BCUT2D eigenvalue weighted by Crippen LogP contribution is 1.94. The number of carboxylic acids is 1. The standard InChI is InChI=1S/C6H14N4O2.C2H4O/c7-4(5(11)12)2-1-3-10-6(8)9;1-2-3/h4H,1-3,7H2,(H,11,12)(H4,8,9,10);2H,1H3/t4-;/m0./s1. The van der Waals surface area contributed by atoms with Crippen molar-refractivity contribution in [1.29, 1.82) is 0 Å². The smallest absolute Gasteiger partial charge is 0.320 e. The molecule has 0 aliphatic carbocycles. The van der Waals surface area contributed by atoms with Crippen LogP contribution in [-0.4, -0.2) is 35.9 Å². The first kappa shape index (κ1) is 15.8. The predicted octanol–water partition coefficient (Wildman–Crippen LogP) is -1.34. The van der Waals surface area contributed by atoms with E-state index in [4.69, 9.17) is 27.1 Å². The van der Waals surface area contributed by atoms with Gasteiger partial charge in [-0.15, -0.1) is 0 Å². The Morgan fingerprint density at radius 2 is 2.00 bits per heavy atom. The summed E-state index contributed by atoms with van der Waals surface area (Å²) in [5, 5.41) is 8.38. The molecule has 0 aromatic carbocycles. The molecule has 15 heavy (non-hydrogen) atoms. The van der Waals surface area contributed by atoms with E-state index in [2.05, 4.69) is 4.99 Å². The molecule has 0 bridgehead atoms. The van der Waals surface area contributed by atoms with Gasteiger partial charge < -0.3 is 27.1 Å². The molecule has 88 valence electrons. The Morgan fingerprint density at radius 1 is 1.53 bits per heavy atom. The van der Waals surface area contributed by atoms with Crippen molar-refractivity contribution in [1.82, 2.24) is 0 Å². The van der Waals surface area contributed by atoms with Crippen LogP contribution in [0.4, 0.5) is 0 Å². The van der Waals surface area contributed by atoms with Gasteiger partial charge in [-0.25, -0.2) is 0 Å². The van der Waals surface area contributed by atoms with Gasteiger partial charge >= 0.3 is 5.97 Å². The van der Waals surface area contributed by atoms with E-state index in [-0.39, 0.29) is 5.96 Å². The molecule has 0 heterocycles. The minimum atomic E-state index is -1.00. The minimum Gasteiger partial charge on any atom is -0.480 e. The Labute approximate surface area is 88.3 Å². The van der Waals surface area contributed by atoms with E-state index < -0.39 is 12.0 Å². The molecule has 7 N–H and O–H groups in total. The first-order valence-electron chi connectivity index (χ1n) is 4.39. The minimum absolute atomic E-state index is 0.0129. The van der Waals surface area contributed by atoms with Crippen LogP contribution in [0.25, 0.3) is 0 Å². The van der Waals surface area contributed by atoms with Gasteiger partial charge in [0.1, 0.15) is 12.3 Å². The second kappa shape index (κ2) is 10.5. The fourth-order valence-electron chi connectivity index (χ4n) is 0.643. The third-order valence-electron chi connectivity index (χ3n) is 1.28. The molecule has 0 radical (unpaired) electrons. The summed E-state index contributed by atoms with van der Waals surface area (Å²) >= 11 is 0. The van der Waals surface area contributed by atoms with Crippen LogP contribution >= 0.6 is 0 Å². The number of aliphatic imine (C=N–C) groups is 1. The molecule has 0 rings (SSSR count). The summed E-state index contributed by atoms with van der Waals surface area (Å²) in [4.78, 5) is 22.7. The quantitative estimate of drug-likeness (QED) is 0.194. The lowest BCUT2D eigenvalue weighted by molar-refractivity contribution is -0.138. The number of guanidine groups is 1. The lowest BCUT2D eigenvalue weighted by Crippen LogP contribution is -2.30.